The summed E-state index contributed by atoms with van der Waals surface area (Å²) < 4.78 is 0. The normalized spacial score (nSPS) is 23.1. The number of aromatic nitrogens is 4. The number of aryl methyl sites for hydroxylation is 1. The number of nitrogens with one attached hydrogen (secondary N) is 1. The molecule has 1 aromatic carbocycles. The summed E-state index contributed by atoms with van der Waals surface area (Å²) in [5.74, 6) is 1.74. The molecule has 2 saturated heterocycles. The van der Waals surface area contributed by atoms with Crippen LogP contribution in [0.1, 0.15) is 31.2 Å². The zero-order valence-electron chi connectivity index (χ0n) is 16.3. The second-order valence-corrected chi connectivity index (χ2v) is 8.15. The molecule has 28 heavy (non-hydrogen) atoms. The zero-order chi connectivity index (χ0) is 18.8. The van der Waals surface area contributed by atoms with Crippen molar-refractivity contribution in [3.63, 3.8) is 0 Å². The number of nitrogens with zero attached hydrogens (tertiary/aromatic N) is 5. The molecule has 0 unspecified atom stereocenters. The first kappa shape index (κ1) is 17.6. The lowest BCUT2D eigenvalue weighted by Crippen LogP contribution is -2.41. The fraction of sp³-hybridized carbons (Fsp3) is 0.500. The second kappa shape index (κ2) is 7.87. The Morgan fingerprint density at radius 2 is 1.96 bits per heavy atom. The highest BCUT2D eigenvalue weighted by molar-refractivity contribution is 5.82. The number of likely N-dealkylation sites (tertiary alicyclic amines) is 1. The van der Waals surface area contributed by atoms with Gasteiger partial charge in [-0.05, 0) is 50.3 Å². The molecule has 1 N–H and O–H groups in total. The van der Waals surface area contributed by atoms with E-state index in [1.54, 1.807) is 12.7 Å². The van der Waals surface area contributed by atoms with Crippen molar-refractivity contribution in [1.29, 1.82) is 0 Å². The number of rotatable bonds is 5. The van der Waals surface area contributed by atoms with Crippen LogP contribution in [-0.4, -0.2) is 57.1 Å². The second-order valence-electron chi connectivity index (χ2n) is 8.15. The molecule has 6 nitrogen and oxygen atoms in total. The summed E-state index contributed by atoms with van der Waals surface area (Å²) in [6.07, 6.45) is 9.75. The van der Waals surface area contributed by atoms with Crippen molar-refractivity contribution in [2.24, 2.45) is 5.92 Å². The molecular formula is C22H28N6. The maximum Gasteiger partial charge on any atom is 0.182 e. The molecule has 3 aromatic rings. The molecule has 2 atom stereocenters. The average Bonchev–Trinajstić information content (AvgIpc) is 3.34. The van der Waals surface area contributed by atoms with Gasteiger partial charge in [-0.25, -0.2) is 15.0 Å². The Labute approximate surface area is 166 Å². The van der Waals surface area contributed by atoms with Crippen LogP contribution < -0.4 is 4.90 Å². The molecule has 2 aliphatic rings. The summed E-state index contributed by atoms with van der Waals surface area (Å²) in [6, 6.07) is 11.5. The lowest BCUT2D eigenvalue weighted by Gasteiger charge is -2.30. The van der Waals surface area contributed by atoms with Crippen LogP contribution >= 0.6 is 0 Å². The van der Waals surface area contributed by atoms with E-state index in [1.807, 2.05) is 0 Å². The van der Waals surface area contributed by atoms with E-state index in [1.165, 1.54) is 50.8 Å². The Morgan fingerprint density at radius 3 is 2.89 bits per heavy atom. The van der Waals surface area contributed by atoms with Crippen LogP contribution in [0.25, 0.3) is 11.2 Å². The summed E-state index contributed by atoms with van der Waals surface area (Å²) in [6.45, 7) is 4.56. The Morgan fingerprint density at radius 1 is 1.04 bits per heavy atom. The fourth-order valence-electron chi connectivity index (χ4n) is 5.01. The largest absolute Gasteiger partial charge is 0.353 e. The minimum Gasteiger partial charge on any atom is -0.353 e. The number of aromatic amines is 1. The van der Waals surface area contributed by atoms with E-state index in [0.29, 0.717) is 6.04 Å². The number of fused-ring (bicyclic) bond motifs is 2. The minimum absolute atomic E-state index is 0.631. The molecule has 2 aliphatic heterocycles. The lowest BCUT2D eigenvalue weighted by atomic mass is 9.98. The summed E-state index contributed by atoms with van der Waals surface area (Å²) in [4.78, 5) is 21.6. The molecule has 6 heteroatoms. The van der Waals surface area contributed by atoms with Gasteiger partial charge in [0.15, 0.2) is 11.5 Å². The number of anilines is 1. The van der Waals surface area contributed by atoms with Gasteiger partial charge >= 0.3 is 0 Å². The zero-order valence-corrected chi connectivity index (χ0v) is 16.3. The lowest BCUT2D eigenvalue weighted by molar-refractivity contribution is 0.185. The van der Waals surface area contributed by atoms with E-state index in [9.17, 15) is 0 Å². The van der Waals surface area contributed by atoms with Gasteiger partial charge in [0, 0.05) is 19.1 Å². The average molecular weight is 377 g/mol. The number of imidazole rings is 1. The number of hydrogen-bond acceptors (Lipinski definition) is 5. The minimum atomic E-state index is 0.631. The van der Waals surface area contributed by atoms with E-state index in [-0.39, 0.29) is 0 Å². The van der Waals surface area contributed by atoms with Crippen molar-refractivity contribution >= 4 is 17.0 Å². The summed E-state index contributed by atoms with van der Waals surface area (Å²) in [5, 5.41) is 0. The monoisotopic (exact) mass is 376 g/mol. The molecular weight excluding hydrogens is 348 g/mol. The third-order valence-electron chi connectivity index (χ3n) is 6.40. The van der Waals surface area contributed by atoms with Gasteiger partial charge in [0.25, 0.3) is 0 Å². The van der Waals surface area contributed by atoms with E-state index in [0.717, 1.165) is 36.0 Å². The first-order chi connectivity index (χ1) is 13.9. The number of H-pyrrole nitrogens is 1. The fourth-order valence-corrected chi connectivity index (χ4v) is 5.01. The molecule has 0 bridgehead atoms. The molecule has 0 saturated carbocycles. The highest BCUT2D eigenvalue weighted by atomic mass is 15.3. The van der Waals surface area contributed by atoms with E-state index in [4.69, 9.17) is 0 Å². The van der Waals surface area contributed by atoms with Crippen molar-refractivity contribution in [1.82, 2.24) is 24.8 Å². The van der Waals surface area contributed by atoms with Gasteiger partial charge < -0.3 is 9.88 Å². The van der Waals surface area contributed by atoms with Gasteiger partial charge in [-0.3, -0.25) is 4.90 Å². The van der Waals surface area contributed by atoms with Crippen molar-refractivity contribution < 1.29 is 0 Å². The van der Waals surface area contributed by atoms with Gasteiger partial charge in [0.05, 0.1) is 6.33 Å². The molecule has 2 fully saturated rings. The summed E-state index contributed by atoms with van der Waals surface area (Å²) >= 11 is 0. The predicted molar refractivity (Wildman–Crippen MR) is 111 cm³/mol. The van der Waals surface area contributed by atoms with Crippen LogP contribution in [0.2, 0.25) is 0 Å². The standard InChI is InChI=1S/C22H28N6/c1-2-7-17(8-3-1)9-6-12-27-11-5-4-10-18-13-28(14-19(18)27)22-20-21(24-15-23-20)25-16-26-22/h1-3,7-8,15-16,18-19H,4-6,9-14H2,(H,23,24,25,26)/t18-,19+/m0/s1. The quantitative estimate of drug-likeness (QED) is 0.740. The third-order valence-corrected chi connectivity index (χ3v) is 6.40. The van der Waals surface area contributed by atoms with Crippen LogP contribution in [0.3, 0.4) is 0 Å². The third kappa shape index (κ3) is 3.49. The first-order valence-electron chi connectivity index (χ1n) is 10.6. The molecule has 0 aliphatic carbocycles. The van der Waals surface area contributed by atoms with Crippen LogP contribution in [0.15, 0.2) is 43.0 Å². The smallest absolute Gasteiger partial charge is 0.182 e. The molecule has 2 aromatic heterocycles. The highest BCUT2D eigenvalue weighted by Crippen LogP contribution is 2.33. The van der Waals surface area contributed by atoms with Crippen LogP contribution in [0.5, 0.6) is 0 Å². The van der Waals surface area contributed by atoms with Crippen molar-refractivity contribution in [2.75, 3.05) is 31.1 Å². The first-order valence-corrected chi connectivity index (χ1v) is 10.6. The Hall–Kier alpha value is -2.47. The summed E-state index contributed by atoms with van der Waals surface area (Å²) in [5.41, 5.74) is 3.18. The molecule has 5 rings (SSSR count). The van der Waals surface area contributed by atoms with Gasteiger partial charge in [0.2, 0.25) is 0 Å². The maximum absolute atomic E-state index is 4.59. The maximum atomic E-state index is 4.59. The van der Waals surface area contributed by atoms with Crippen LogP contribution in [-0.2, 0) is 6.42 Å². The van der Waals surface area contributed by atoms with Gasteiger partial charge in [-0.1, -0.05) is 36.8 Å². The molecule has 146 valence electrons. The predicted octanol–water partition coefficient (Wildman–Crippen LogP) is 3.28. The molecule has 4 heterocycles. The van der Waals surface area contributed by atoms with Crippen LogP contribution in [0.4, 0.5) is 5.82 Å². The van der Waals surface area contributed by atoms with E-state index >= 15 is 0 Å². The van der Waals surface area contributed by atoms with Crippen molar-refractivity contribution in [2.45, 2.75) is 38.1 Å². The molecule has 0 spiro atoms. The number of benzene rings is 1. The highest BCUT2D eigenvalue weighted by Gasteiger charge is 2.38. The SMILES string of the molecule is c1ccc(CCCN2CCCC[C@H]3CN(c4ncnc5nc[nH]c45)C[C@H]32)cc1. The molecule has 0 amide bonds. The van der Waals surface area contributed by atoms with Crippen LogP contribution in [0, 0.1) is 5.92 Å². The van der Waals surface area contributed by atoms with E-state index in [2.05, 4.69) is 60.1 Å². The Kier molecular flexibility index (Phi) is 4.95. The Balaban J connectivity index is 1.29. The van der Waals surface area contributed by atoms with Gasteiger partial charge in [0.1, 0.15) is 11.8 Å². The number of hydrogen-bond donors (Lipinski definition) is 1. The topological polar surface area (TPSA) is 60.9 Å². The van der Waals surface area contributed by atoms with E-state index < -0.39 is 0 Å². The van der Waals surface area contributed by atoms with Crippen molar-refractivity contribution in [3.05, 3.63) is 48.5 Å². The Bertz CT molecular complexity index is 908. The summed E-state index contributed by atoms with van der Waals surface area (Å²) in [7, 11) is 0. The van der Waals surface area contributed by atoms with Gasteiger partial charge in [-0.2, -0.15) is 0 Å². The molecule has 0 radical (unpaired) electrons. The van der Waals surface area contributed by atoms with Crippen molar-refractivity contribution in [3.8, 4) is 0 Å². The van der Waals surface area contributed by atoms with Gasteiger partial charge in [-0.15, -0.1) is 0 Å².